The number of allylic oxidation sites excluding steroid dienone is 2. The zero-order valence-corrected chi connectivity index (χ0v) is 18.4. The summed E-state index contributed by atoms with van der Waals surface area (Å²) >= 11 is 0. The maximum atomic E-state index is 10.6. The van der Waals surface area contributed by atoms with E-state index in [0.717, 1.165) is 25.7 Å². The molecule has 0 saturated carbocycles. The van der Waals surface area contributed by atoms with Crippen molar-refractivity contribution in [1.82, 2.24) is 0 Å². The van der Waals surface area contributed by atoms with Gasteiger partial charge in [-0.25, -0.2) is 0 Å². The van der Waals surface area contributed by atoms with E-state index in [-0.39, 0.29) is 12.7 Å². The van der Waals surface area contributed by atoms with Crippen LogP contribution in [0.25, 0.3) is 0 Å². The minimum absolute atomic E-state index is 0.210. The van der Waals surface area contributed by atoms with Crippen LogP contribution in [0.2, 0.25) is 0 Å². The Morgan fingerprint density at radius 2 is 1.29 bits per heavy atom. The second-order valence-corrected chi connectivity index (χ2v) is 7.38. The first kappa shape index (κ1) is 26.9. The predicted octanol–water partition coefficient (Wildman–Crippen LogP) is 7.04. The molecule has 4 nitrogen and oxygen atoms in total. The summed E-state index contributed by atoms with van der Waals surface area (Å²) < 4.78 is 11.7. The summed E-state index contributed by atoms with van der Waals surface area (Å²) in [5, 5.41) is 8.75. The lowest BCUT2D eigenvalue weighted by atomic mass is 10.1. The van der Waals surface area contributed by atoms with Gasteiger partial charge in [0.05, 0.1) is 13.2 Å². The van der Waals surface area contributed by atoms with Crippen molar-refractivity contribution in [3.05, 3.63) is 24.3 Å². The highest BCUT2D eigenvalue weighted by Gasteiger charge is 2.08. The van der Waals surface area contributed by atoms with Gasteiger partial charge in [-0.05, 0) is 44.9 Å². The number of ether oxygens (including phenoxy) is 2. The van der Waals surface area contributed by atoms with Gasteiger partial charge in [0.25, 0.3) is 0 Å². The van der Waals surface area contributed by atoms with E-state index in [0.29, 0.717) is 19.6 Å². The molecule has 0 spiro atoms. The van der Waals surface area contributed by atoms with Crippen LogP contribution in [-0.4, -0.2) is 30.6 Å². The standard InChI is InChI=1S/C24H44O4/c1-3-5-7-9-11-13-17-21-27-24(20-16-15-19-23(25)26)28-22-18-14-12-10-8-6-4-2/h13-14,17-18,24H,3-12,15-16,19-22H2,1-2H3,(H,25,26)/b17-13-,18-14-. The Morgan fingerprint density at radius 1 is 0.750 bits per heavy atom. The van der Waals surface area contributed by atoms with E-state index in [2.05, 4.69) is 38.2 Å². The summed E-state index contributed by atoms with van der Waals surface area (Å²) in [6.45, 7) is 5.56. The second-order valence-electron chi connectivity index (χ2n) is 7.38. The Kier molecular flexibility index (Phi) is 21.3. The molecule has 0 fully saturated rings. The summed E-state index contributed by atoms with van der Waals surface area (Å²) in [7, 11) is 0. The second kappa shape index (κ2) is 22.2. The highest BCUT2D eigenvalue weighted by atomic mass is 16.7. The highest BCUT2D eigenvalue weighted by Crippen LogP contribution is 2.10. The van der Waals surface area contributed by atoms with E-state index in [9.17, 15) is 4.79 Å². The van der Waals surface area contributed by atoms with Crippen LogP contribution >= 0.6 is 0 Å². The Labute approximate surface area is 173 Å². The van der Waals surface area contributed by atoms with Gasteiger partial charge in [-0.1, -0.05) is 76.7 Å². The lowest BCUT2D eigenvalue weighted by Gasteiger charge is -2.17. The molecule has 0 aromatic carbocycles. The molecular weight excluding hydrogens is 352 g/mol. The maximum Gasteiger partial charge on any atom is 0.303 e. The van der Waals surface area contributed by atoms with Crippen LogP contribution in [0.15, 0.2) is 24.3 Å². The number of carboxylic acids is 1. The first-order valence-corrected chi connectivity index (χ1v) is 11.5. The summed E-state index contributed by atoms with van der Waals surface area (Å²) in [6.07, 6.45) is 23.1. The van der Waals surface area contributed by atoms with E-state index in [1.165, 1.54) is 51.4 Å². The summed E-state index contributed by atoms with van der Waals surface area (Å²) in [4.78, 5) is 10.6. The van der Waals surface area contributed by atoms with Crippen LogP contribution in [0.5, 0.6) is 0 Å². The highest BCUT2D eigenvalue weighted by molar-refractivity contribution is 5.66. The summed E-state index contributed by atoms with van der Waals surface area (Å²) in [5.74, 6) is -0.740. The number of unbranched alkanes of at least 4 members (excludes halogenated alkanes) is 9. The molecule has 28 heavy (non-hydrogen) atoms. The number of aliphatic carboxylic acids is 1. The maximum absolute atomic E-state index is 10.6. The fraction of sp³-hybridized carbons (Fsp3) is 0.792. The fourth-order valence-electron chi connectivity index (χ4n) is 2.88. The van der Waals surface area contributed by atoms with Gasteiger partial charge in [0.15, 0.2) is 6.29 Å². The van der Waals surface area contributed by atoms with Crippen molar-refractivity contribution in [3.8, 4) is 0 Å². The fourth-order valence-corrected chi connectivity index (χ4v) is 2.88. The van der Waals surface area contributed by atoms with Gasteiger partial charge in [-0.3, -0.25) is 4.79 Å². The van der Waals surface area contributed by atoms with Gasteiger partial charge in [-0.15, -0.1) is 0 Å². The molecular formula is C24H44O4. The van der Waals surface area contributed by atoms with Crippen molar-refractivity contribution >= 4 is 5.97 Å². The van der Waals surface area contributed by atoms with Gasteiger partial charge in [0.1, 0.15) is 0 Å². The van der Waals surface area contributed by atoms with Gasteiger partial charge >= 0.3 is 5.97 Å². The Hall–Kier alpha value is -1.13. The molecule has 0 unspecified atom stereocenters. The average molecular weight is 397 g/mol. The van der Waals surface area contributed by atoms with E-state index in [1.807, 2.05) is 0 Å². The zero-order valence-electron chi connectivity index (χ0n) is 18.4. The third-order valence-corrected chi connectivity index (χ3v) is 4.62. The van der Waals surface area contributed by atoms with Gasteiger partial charge < -0.3 is 14.6 Å². The van der Waals surface area contributed by atoms with Gasteiger partial charge in [0.2, 0.25) is 0 Å². The summed E-state index contributed by atoms with van der Waals surface area (Å²) in [6, 6.07) is 0. The molecule has 0 heterocycles. The van der Waals surface area contributed by atoms with Gasteiger partial charge in [-0.2, -0.15) is 0 Å². The molecule has 4 heteroatoms. The molecule has 0 rings (SSSR count). The lowest BCUT2D eigenvalue weighted by Crippen LogP contribution is -2.18. The lowest BCUT2D eigenvalue weighted by molar-refractivity contribution is -0.138. The third kappa shape index (κ3) is 21.2. The molecule has 0 aromatic rings. The van der Waals surface area contributed by atoms with Crippen molar-refractivity contribution in [1.29, 1.82) is 0 Å². The van der Waals surface area contributed by atoms with Crippen molar-refractivity contribution in [2.24, 2.45) is 0 Å². The minimum Gasteiger partial charge on any atom is -0.481 e. The average Bonchev–Trinajstić information content (AvgIpc) is 2.68. The monoisotopic (exact) mass is 396 g/mol. The van der Waals surface area contributed by atoms with Crippen LogP contribution in [0, 0.1) is 0 Å². The molecule has 0 radical (unpaired) electrons. The minimum atomic E-state index is -0.740. The molecule has 0 bridgehead atoms. The number of hydrogen-bond donors (Lipinski definition) is 1. The number of rotatable bonds is 21. The Bertz CT molecular complexity index is 364. The van der Waals surface area contributed by atoms with E-state index >= 15 is 0 Å². The first-order chi connectivity index (χ1) is 13.7. The van der Waals surface area contributed by atoms with Crippen LogP contribution in [0.1, 0.15) is 104 Å². The van der Waals surface area contributed by atoms with Crippen molar-refractivity contribution in [3.63, 3.8) is 0 Å². The van der Waals surface area contributed by atoms with Crippen LogP contribution in [0.3, 0.4) is 0 Å². The van der Waals surface area contributed by atoms with Crippen LogP contribution in [0.4, 0.5) is 0 Å². The Morgan fingerprint density at radius 3 is 1.75 bits per heavy atom. The van der Waals surface area contributed by atoms with Crippen molar-refractivity contribution in [2.75, 3.05) is 13.2 Å². The molecule has 0 amide bonds. The third-order valence-electron chi connectivity index (χ3n) is 4.62. The van der Waals surface area contributed by atoms with Gasteiger partial charge in [0, 0.05) is 6.42 Å². The molecule has 0 saturated heterocycles. The van der Waals surface area contributed by atoms with Crippen LogP contribution < -0.4 is 0 Å². The molecule has 164 valence electrons. The SMILES string of the molecule is CCCCCC/C=C\COC(CCCCC(=O)O)OC/C=C\CCCCCC. The van der Waals surface area contributed by atoms with E-state index < -0.39 is 5.97 Å². The van der Waals surface area contributed by atoms with E-state index in [1.54, 1.807) is 0 Å². The smallest absolute Gasteiger partial charge is 0.303 e. The quantitative estimate of drug-likeness (QED) is 0.128. The molecule has 0 atom stereocenters. The molecule has 0 aliphatic carbocycles. The van der Waals surface area contributed by atoms with Crippen LogP contribution in [-0.2, 0) is 14.3 Å². The topological polar surface area (TPSA) is 55.8 Å². The molecule has 1 N–H and O–H groups in total. The summed E-state index contributed by atoms with van der Waals surface area (Å²) in [5.41, 5.74) is 0. The zero-order chi connectivity index (χ0) is 20.7. The van der Waals surface area contributed by atoms with Crippen molar-refractivity contribution in [2.45, 2.75) is 110 Å². The van der Waals surface area contributed by atoms with E-state index in [4.69, 9.17) is 14.6 Å². The first-order valence-electron chi connectivity index (χ1n) is 11.5. The normalized spacial score (nSPS) is 12.0. The van der Waals surface area contributed by atoms with Crippen molar-refractivity contribution < 1.29 is 19.4 Å². The Balaban J connectivity index is 4.00. The number of carbonyl (C=O) groups is 1. The molecule has 0 aromatic heterocycles. The number of hydrogen-bond acceptors (Lipinski definition) is 3. The largest absolute Gasteiger partial charge is 0.481 e. The number of carboxylic acid groups (broad SMARTS) is 1. The molecule has 0 aliphatic heterocycles. The molecule has 0 aliphatic rings. The predicted molar refractivity (Wildman–Crippen MR) is 118 cm³/mol.